The SMILES string of the molecule is CCNCC(C)CCc1ccn(C(CC)CC)n1. The van der Waals surface area contributed by atoms with Crippen molar-refractivity contribution >= 4 is 0 Å². The summed E-state index contributed by atoms with van der Waals surface area (Å²) in [6.45, 7) is 11.1. The molecule has 0 aromatic carbocycles. The first-order valence-electron chi connectivity index (χ1n) is 7.45. The van der Waals surface area contributed by atoms with Gasteiger partial charge in [0, 0.05) is 6.20 Å². The van der Waals surface area contributed by atoms with Crippen LogP contribution in [0.3, 0.4) is 0 Å². The monoisotopic (exact) mass is 251 g/mol. The van der Waals surface area contributed by atoms with E-state index < -0.39 is 0 Å². The molecule has 0 radical (unpaired) electrons. The molecule has 1 aromatic heterocycles. The lowest BCUT2D eigenvalue weighted by molar-refractivity contribution is 0.422. The minimum absolute atomic E-state index is 0.568. The molecule has 0 saturated heterocycles. The van der Waals surface area contributed by atoms with Crippen LogP contribution < -0.4 is 5.32 Å². The second-order valence-corrected chi connectivity index (χ2v) is 5.21. The zero-order valence-electron chi connectivity index (χ0n) is 12.4. The minimum atomic E-state index is 0.568. The molecule has 104 valence electrons. The Balaban J connectivity index is 2.39. The van der Waals surface area contributed by atoms with E-state index >= 15 is 0 Å². The van der Waals surface area contributed by atoms with E-state index in [1.54, 1.807) is 0 Å². The predicted octanol–water partition coefficient (Wildman–Crippen LogP) is 3.42. The van der Waals surface area contributed by atoms with Gasteiger partial charge in [-0.1, -0.05) is 27.7 Å². The zero-order valence-corrected chi connectivity index (χ0v) is 12.4. The summed E-state index contributed by atoms with van der Waals surface area (Å²) in [6.07, 6.45) is 6.78. The Morgan fingerprint density at radius 3 is 2.61 bits per heavy atom. The lowest BCUT2D eigenvalue weighted by Crippen LogP contribution is -2.21. The van der Waals surface area contributed by atoms with E-state index in [2.05, 4.69) is 50.0 Å². The molecular formula is C15H29N3. The highest BCUT2D eigenvalue weighted by Gasteiger charge is 2.09. The number of aryl methyl sites for hydroxylation is 1. The second kappa shape index (κ2) is 8.30. The van der Waals surface area contributed by atoms with Crippen LogP contribution in [0.25, 0.3) is 0 Å². The molecule has 0 fully saturated rings. The average molecular weight is 251 g/mol. The fourth-order valence-corrected chi connectivity index (χ4v) is 2.26. The van der Waals surface area contributed by atoms with Gasteiger partial charge >= 0.3 is 0 Å². The third-order valence-electron chi connectivity index (χ3n) is 3.62. The van der Waals surface area contributed by atoms with Gasteiger partial charge in [-0.2, -0.15) is 5.10 Å². The Kier molecular flexibility index (Phi) is 7.02. The predicted molar refractivity (Wildman–Crippen MR) is 77.9 cm³/mol. The Morgan fingerprint density at radius 2 is 2.00 bits per heavy atom. The van der Waals surface area contributed by atoms with Gasteiger partial charge in [-0.05, 0) is 50.8 Å². The number of nitrogens with zero attached hydrogens (tertiary/aromatic N) is 2. The summed E-state index contributed by atoms with van der Waals surface area (Å²) in [5.74, 6) is 0.725. The molecule has 1 unspecified atom stereocenters. The largest absolute Gasteiger partial charge is 0.317 e. The molecular weight excluding hydrogens is 222 g/mol. The van der Waals surface area contributed by atoms with Crippen molar-refractivity contribution in [2.24, 2.45) is 5.92 Å². The lowest BCUT2D eigenvalue weighted by atomic mass is 10.0. The Bertz CT molecular complexity index is 315. The van der Waals surface area contributed by atoms with Crippen LogP contribution in [0, 0.1) is 5.92 Å². The number of aromatic nitrogens is 2. The zero-order chi connectivity index (χ0) is 13.4. The maximum Gasteiger partial charge on any atom is 0.0624 e. The highest BCUT2D eigenvalue weighted by Crippen LogP contribution is 2.15. The van der Waals surface area contributed by atoms with Crippen molar-refractivity contribution in [1.82, 2.24) is 15.1 Å². The summed E-state index contributed by atoms with van der Waals surface area (Å²) >= 11 is 0. The average Bonchev–Trinajstić information content (AvgIpc) is 2.84. The van der Waals surface area contributed by atoms with E-state index in [0.29, 0.717) is 6.04 Å². The topological polar surface area (TPSA) is 29.9 Å². The van der Waals surface area contributed by atoms with Crippen molar-refractivity contribution in [1.29, 1.82) is 0 Å². The van der Waals surface area contributed by atoms with Crippen molar-refractivity contribution in [2.75, 3.05) is 13.1 Å². The van der Waals surface area contributed by atoms with Gasteiger partial charge in [0.2, 0.25) is 0 Å². The van der Waals surface area contributed by atoms with Gasteiger partial charge in [0.05, 0.1) is 11.7 Å². The molecule has 0 spiro atoms. The quantitative estimate of drug-likeness (QED) is 0.729. The highest BCUT2D eigenvalue weighted by molar-refractivity contribution is 5.00. The highest BCUT2D eigenvalue weighted by atomic mass is 15.3. The minimum Gasteiger partial charge on any atom is -0.317 e. The van der Waals surface area contributed by atoms with E-state index in [1.165, 1.54) is 12.1 Å². The van der Waals surface area contributed by atoms with Crippen LogP contribution in [0.2, 0.25) is 0 Å². The van der Waals surface area contributed by atoms with Crippen molar-refractivity contribution in [3.63, 3.8) is 0 Å². The Hall–Kier alpha value is -0.830. The van der Waals surface area contributed by atoms with Crippen molar-refractivity contribution in [3.8, 4) is 0 Å². The number of rotatable bonds is 9. The fourth-order valence-electron chi connectivity index (χ4n) is 2.26. The normalized spacial score (nSPS) is 13.2. The Labute approximate surface area is 112 Å². The van der Waals surface area contributed by atoms with E-state index in [4.69, 9.17) is 5.10 Å². The molecule has 1 rings (SSSR count). The van der Waals surface area contributed by atoms with Gasteiger partial charge in [0.25, 0.3) is 0 Å². The number of hydrogen-bond donors (Lipinski definition) is 1. The van der Waals surface area contributed by atoms with Crippen molar-refractivity contribution in [2.45, 2.75) is 59.4 Å². The first kappa shape index (κ1) is 15.2. The smallest absolute Gasteiger partial charge is 0.0624 e. The summed E-state index contributed by atoms with van der Waals surface area (Å²) in [6, 6.07) is 2.75. The molecule has 18 heavy (non-hydrogen) atoms. The number of nitrogens with one attached hydrogen (secondary N) is 1. The van der Waals surface area contributed by atoms with Crippen LogP contribution in [-0.4, -0.2) is 22.9 Å². The molecule has 0 bridgehead atoms. The van der Waals surface area contributed by atoms with Gasteiger partial charge in [-0.3, -0.25) is 4.68 Å². The standard InChI is InChI=1S/C15H29N3/c1-5-15(6-2)18-11-10-14(17-18)9-8-13(4)12-16-7-3/h10-11,13,15-16H,5-9,12H2,1-4H3. The summed E-state index contributed by atoms with van der Waals surface area (Å²) in [5.41, 5.74) is 1.24. The van der Waals surface area contributed by atoms with Gasteiger partial charge in [0.1, 0.15) is 0 Å². The van der Waals surface area contributed by atoms with Crippen molar-refractivity contribution < 1.29 is 0 Å². The summed E-state index contributed by atoms with van der Waals surface area (Å²) < 4.78 is 2.14. The Morgan fingerprint density at radius 1 is 1.28 bits per heavy atom. The molecule has 0 amide bonds. The molecule has 0 aliphatic rings. The molecule has 1 heterocycles. The molecule has 0 aliphatic heterocycles. The molecule has 0 aliphatic carbocycles. The molecule has 1 aromatic rings. The van der Waals surface area contributed by atoms with Gasteiger partial charge in [-0.15, -0.1) is 0 Å². The van der Waals surface area contributed by atoms with Crippen LogP contribution in [0.1, 0.15) is 58.7 Å². The lowest BCUT2D eigenvalue weighted by Gasteiger charge is -2.13. The number of hydrogen-bond acceptors (Lipinski definition) is 2. The van der Waals surface area contributed by atoms with Crippen molar-refractivity contribution in [3.05, 3.63) is 18.0 Å². The van der Waals surface area contributed by atoms with Crippen LogP contribution in [-0.2, 0) is 6.42 Å². The van der Waals surface area contributed by atoms with Gasteiger partial charge < -0.3 is 5.32 Å². The van der Waals surface area contributed by atoms with Crippen LogP contribution >= 0.6 is 0 Å². The van der Waals surface area contributed by atoms with E-state index in [-0.39, 0.29) is 0 Å². The fraction of sp³-hybridized carbons (Fsp3) is 0.800. The van der Waals surface area contributed by atoms with Crippen LogP contribution in [0.5, 0.6) is 0 Å². The van der Waals surface area contributed by atoms with Crippen LogP contribution in [0.15, 0.2) is 12.3 Å². The first-order valence-corrected chi connectivity index (χ1v) is 7.45. The first-order chi connectivity index (χ1) is 8.71. The summed E-state index contributed by atoms with van der Waals surface area (Å²) in [4.78, 5) is 0. The molecule has 0 saturated carbocycles. The third-order valence-corrected chi connectivity index (χ3v) is 3.62. The van der Waals surface area contributed by atoms with Gasteiger partial charge in [0.15, 0.2) is 0 Å². The van der Waals surface area contributed by atoms with E-state index in [9.17, 15) is 0 Å². The maximum atomic E-state index is 4.70. The van der Waals surface area contributed by atoms with E-state index in [0.717, 1.165) is 38.3 Å². The van der Waals surface area contributed by atoms with Crippen LogP contribution in [0.4, 0.5) is 0 Å². The van der Waals surface area contributed by atoms with E-state index in [1.807, 2.05) is 0 Å². The molecule has 3 nitrogen and oxygen atoms in total. The molecule has 1 atom stereocenters. The maximum absolute atomic E-state index is 4.70. The second-order valence-electron chi connectivity index (χ2n) is 5.21. The summed E-state index contributed by atoms with van der Waals surface area (Å²) in [5, 5.41) is 8.10. The third kappa shape index (κ3) is 4.81. The summed E-state index contributed by atoms with van der Waals surface area (Å²) in [7, 11) is 0. The van der Waals surface area contributed by atoms with Gasteiger partial charge in [-0.25, -0.2) is 0 Å². The molecule has 1 N–H and O–H groups in total. The molecule has 3 heteroatoms.